The molecule has 0 radical (unpaired) electrons. The Morgan fingerprint density at radius 3 is 2.62 bits per heavy atom. The average molecular weight is 294 g/mol. The van der Waals surface area contributed by atoms with Crippen LogP contribution in [0.2, 0.25) is 0 Å². The summed E-state index contributed by atoms with van der Waals surface area (Å²) in [6, 6.07) is 0.112. The molecule has 0 saturated carbocycles. The summed E-state index contributed by atoms with van der Waals surface area (Å²) in [5.41, 5.74) is -0.591. The molecule has 118 valence electrons. The first-order valence-corrected chi connectivity index (χ1v) is 7.83. The Balaban J connectivity index is 1.93. The molecule has 2 amide bonds. The normalized spacial score (nSPS) is 26.6. The van der Waals surface area contributed by atoms with E-state index in [1.807, 2.05) is 0 Å². The number of amides is 2. The Morgan fingerprint density at radius 1 is 1.24 bits per heavy atom. The van der Waals surface area contributed by atoms with Crippen molar-refractivity contribution in [2.45, 2.75) is 70.6 Å². The molecule has 2 atom stereocenters. The Bertz CT molecular complexity index is 426. The van der Waals surface area contributed by atoms with Crippen LogP contribution in [0.5, 0.6) is 0 Å². The van der Waals surface area contributed by atoms with Crippen LogP contribution in [0.25, 0.3) is 0 Å². The quantitative estimate of drug-likeness (QED) is 0.795. The van der Waals surface area contributed by atoms with E-state index >= 15 is 0 Å². The Labute approximate surface area is 126 Å². The van der Waals surface area contributed by atoms with Gasteiger partial charge < -0.3 is 4.74 Å². The van der Waals surface area contributed by atoms with Crippen LogP contribution >= 0.6 is 0 Å². The Kier molecular flexibility index (Phi) is 5.04. The van der Waals surface area contributed by atoms with Gasteiger partial charge in [-0.15, -0.1) is 0 Å². The average Bonchev–Trinajstić information content (AvgIpc) is 2.86. The Hall–Kier alpha value is -1.36. The Morgan fingerprint density at radius 2 is 2.00 bits per heavy atom. The molecule has 0 bridgehead atoms. The lowest BCUT2D eigenvalue weighted by atomic mass is 10.0. The van der Waals surface area contributed by atoms with Crippen LogP contribution in [0, 0.1) is 0 Å². The fourth-order valence-electron chi connectivity index (χ4n) is 3.03. The molecule has 1 aliphatic carbocycles. The molecule has 5 heteroatoms. The third-order valence-corrected chi connectivity index (χ3v) is 3.88. The summed E-state index contributed by atoms with van der Waals surface area (Å²) >= 11 is 0. The summed E-state index contributed by atoms with van der Waals surface area (Å²) in [4.78, 5) is 26.3. The molecular formula is C16H26N2O3. The number of ether oxygens (including phenoxy) is 1. The zero-order valence-electron chi connectivity index (χ0n) is 13.2. The topological polar surface area (TPSA) is 58.6 Å². The van der Waals surface area contributed by atoms with Gasteiger partial charge in [-0.2, -0.15) is 0 Å². The summed E-state index contributed by atoms with van der Waals surface area (Å²) in [5.74, 6) is -0.235. The summed E-state index contributed by atoms with van der Waals surface area (Å²) in [7, 11) is 0. The second-order valence-corrected chi connectivity index (χ2v) is 6.81. The molecule has 5 nitrogen and oxygen atoms in total. The van der Waals surface area contributed by atoms with Crippen LogP contribution < -0.4 is 5.32 Å². The van der Waals surface area contributed by atoms with Gasteiger partial charge in [0, 0.05) is 6.04 Å². The lowest BCUT2D eigenvalue weighted by molar-refractivity contribution is -0.125. The molecule has 1 aliphatic heterocycles. The predicted octanol–water partition coefficient (Wildman–Crippen LogP) is 2.61. The predicted molar refractivity (Wildman–Crippen MR) is 80.9 cm³/mol. The molecule has 0 aromatic rings. The van der Waals surface area contributed by atoms with E-state index in [9.17, 15) is 9.59 Å². The first kappa shape index (κ1) is 16.0. The van der Waals surface area contributed by atoms with Gasteiger partial charge in [-0.05, 0) is 59.4 Å². The molecule has 1 fully saturated rings. The smallest absolute Gasteiger partial charge is 0.414 e. The van der Waals surface area contributed by atoms with Crippen LogP contribution in [0.15, 0.2) is 12.2 Å². The van der Waals surface area contributed by atoms with Crippen molar-refractivity contribution in [1.82, 2.24) is 10.2 Å². The van der Waals surface area contributed by atoms with E-state index < -0.39 is 11.7 Å². The van der Waals surface area contributed by atoms with Gasteiger partial charge in [-0.1, -0.05) is 12.2 Å². The number of allylic oxidation sites excluding steroid dienone is 1. The molecule has 2 rings (SSSR count). The van der Waals surface area contributed by atoms with Crippen LogP contribution in [-0.2, 0) is 9.53 Å². The van der Waals surface area contributed by atoms with Crippen molar-refractivity contribution < 1.29 is 14.3 Å². The molecule has 0 aromatic heterocycles. The highest BCUT2D eigenvalue weighted by molar-refractivity contribution is 5.95. The van der Waals surface area contributed by atoms with Crippen molar-refractivity contribution in [3.63, 3.8) is 0 Å². The summed E-state index contributed by atoms with van der Waals surface area (Å²) < 4.78 is 5.15. The maximum absolute atomic E-state index is 12.3. The number of carbonyl (C=O) groups is 2. The minimum Gasteiger partial charge on any atom is -0.444 e. The standard InChI is InChI=1S/C16H26N2O3/c1-16(2,3)21-15(20)17-14(19)13-10-7-11-18(13)12-8-5-4-6-9-12/h5,8,12-13H,4,6-7,9-11H2,1-3H3,(H,17,19,20)/t12-,13+/m1/s1. The highest BCUT2D eigenvalue weighted by Crippen LogP contribution is 2.26. The van der Waals surface area contributed by atoms with Crippen molar-refractivity contribution in [2.24, 2.45) is 0 Å². The highest BCUT2D eigenvalue weighted by atomic mass is 16.6. The summed E-state index contributed by atoms with van der Waals surface area (Å²) in [6.45, 7) is 6.27. The number of alkyl carbamates (subject to hydrolysis) is 1. The molecule has 0 spiro atoms. The van der Waals surface area contributed by atoms with E-state index in [-0.39, 0.29) is 11.9 Å². The van der Waals surface area contributed by atoms with Crippen LogP contribution in [0.3, 0.4) is 0 Å². The van der Waals surface area contributed by atoms with Gasteiger partial charge in [-0.3, -0.25) is 15.0 Å². The number of hydrogen-bond donors (Lipinski definition) is 1. The van der Waals surface area contributed by atoms with Crippen molar-refractivity contribution in [2.75, 3.05) is 6.54 Å². The number of hydrogen-bond acceptors (Lipinski definition) is 4. The van der Waals surface area contributed by atoms with Gasteiger partial charge in [0.15, 0.2) is 0 Å². The monoisotopic (exact) mass is 294 g/mol. The second kappa shape index (κ2) is 6.60. The second-order valence-electron chi connectivity index (χ2n) is 6.81. The summed E-state index contributed by atoms with van der Waals surface area (Å²) in [5, 5.41) is 2.38. The van der Waals surface area contributed by atoms with E-state index in [4.69, 9.17) is 4.74 Å². The van der Waals surface area contributed by atoms with Crippen LogP contribution in [-0.4, -0.2) is 41.1 Å². The van der Waals surface area contributed by atoms with Gasteiger partial charge >= 0.3 is 6.09 Å². The number of likely N-dealkylation sites (tertiary alicyclic amines) is 1. The molecule has 1 heterocycles. The van der Waals surface area contributed by atoms with Crippen molar-refractivity contribution in [1.29, 1.82) is 0 Å². The molecular weight excluding hydrogens is 268 g/mol. The van der Waals surface area contributed by atoms with E-state index in [1.54, 1.807) is 20.8 Å². The van der Waals surface area contributed by atoms with Gasteiger partial charge in [0.2, 0.25) is 5.91 Å². The number of imide groups is 1. The lowest BCUT2D eigenvalue weighted by Gasteiger charge is -2.32. The maximum atomic E-state index is 12.3. The van der Waals surface area contributed by atoms with Gasteiger partial charge in [0.1, 0.15) is 5.60 Å². The minimum absolute atomic E-state index is 0.217. The van der Waals surface area contributed by atoms with Crippen LogP contribution in [0.1, 0.15) is 52.9 Å². The zero-order valence-corrected chi connectivity index (χ0v) is 13.2. The third kappa shape index (κ3) is 4.56. The highest BCUT2D eigenvalue weighted by Gasteiger charge is 2.35. The summed E-state index contributed by atoms with van der Waals surface area (Å²) in [6.07, 6.45) is 8.91. The number of nitrogens with zero attached hydrogens (tertiary/aromatic N) is 1. The maximum Gasteiger partial charge on any atom is 0.414 e. The van der Waals surface area contributed by atoms with Crippen LogP contribution in [0.4, 0.5) is 4.79 Å². The largest absolute Gasteiger partial charge is 0.444 e. The van der Waals surface area contributed by atoms with Crippen molar-refractivity contribution in [3.05, 3.63) is 12.2 Å². The van der Waals surface area contributed by atoms with Gasteiger partial charge in [0.25, 0.3) is 0 Å². The molecule has 2 aliphatic rings. The molecule has 1 N–H and O–H groups in total. The first-order chi connectivity index (χ1) is 9.87. The fourth-order valence-corrected chi connectivity index (χ4v) is 3.03. The zero-order chi connectivity index (χ0) is 15.5. The number of rotatable bonds is 2. The van der Waals surface area contributed by atoms with E-state index in [2.05, 4.69) is 22.4 Å². The molecule has 0 unspecified atom stereocenters. The van der Waals surface area contributed by atoms with E-state index in [0.29, 0.717) is 6.04 Å². The molecule has 1 saturated heterocycles. The minimum atomic E-state index is -0.654. The fraction of sp³-hybridized carbons (Fsp3) is 0.750. The van der Waals surface area contributed by atoms with Gasteiger partial charge in [-0.25, -0.2) is 4.79 Å². The lowest BCUT2D eigenvalue weighted by Crippen LogP contribution is -2.49. The molecule has 0 aromatic carbocycles. The van der Waals surface area contributed by atoms with Gasteiger partial charge in [0.05, 0.1) is 6.04 Å². The number of nitrogens with one attached hydrogen (secondary N) is 1. The molecule has 21 heavy (non-hydrogen) atoms. The van der Waals surface area contributed by atoms with E-state index in [0.717, 1.165) is 38.6 Å². The van der Waals surface area contributed by atoms with E-state index in [1.165, 1.54) is 0 Å². The van der Waals surface area contributed by atoms with Crippen molar-refractivity contribution in [3.8, 4) is 0 Å². The third-order valence-electron chi connectivity index (χ3n) is 3.88. The first-order valence-electron chi connectivity index (χ1n) is 7.83. The number of carbonyl (C=O) groups excluding carboxylic acids is 2. The SMILES string of the molecule is CC(C)(C)OC(=O)NC(=O)[C@@H]1CCCN1[C@@H]1C=CCCC1. The van der Waals surface area contributed by atoms with Crippen molar-refractivity contribution >= 4 is 12.0 Å².